The summed E-state index contributed by atoms with van der Waals surface area (Å²) < 4.78 is 26.3. The van der Waals surface area contributed by atoms with Crippen molar-refractivity contribution in [2.24, 2.45) is 0 Å². The van der Waals surface area contributed by atoms with E-state index in [9.17, 15) is 18.4 Å². The van der Waals surface area contributed by atoms with Gasteiger partial charge in [0.2, 0.25) is 5.91 Å². The lowest BCUT2D eigenvalue weighted by Crippen LogP contribution is -2.36. The van der Waals surface area contributed by atoms with Gasteiger partial charge >= 0.3 is 0 Å². The zero-order valence-electron chi connectivity index (χ0n) is 16.1. The Bertz CT molecular complexity index is 830. The number of rotatable bonds is 6. The van der Waals surface area contributed by atoms with Crippen molar-refractivity contribution < 1.29 is 18.4 Å². The molecule has 0 saturated carbocycles. The van der Waals surface area contributed by atoms with Gasteiger partial charge in [0.05, 0.1) is 6.54 Å². The molecule has 0 radical (unpaired) electrons. The second kappa shape index (κ2) is 9.95. The number of hydrogen-bond donors (Lipinski definition) is 2. The van der Waals surface area contributed by atoms with E-state index in [1.165, 1.54) is 25.7 Å². The molecule has 29 heavy (non-hydrogen) atoms. The van der Waals surface area contributed by atoms with Crippen molar-refractivity contribution in [1.82, 2.24) is 15.6 Å². The number of aromatic nitrogens is 1. The number of benzene rings is 1. The number of anilines is 1. The van der Waals surface area contributed by atoms with Crippen LogP contribution in [0.3, 0.4) is 0 Å². The monoisotopic (exact) mass is 402 g/mol. The van der Waals surface area contributed by atoms with E-state index in [0.717, 1.165) is 36.6 Å². The third-order valence-electron chi connectivity index (χ3n) is 4.76. The molecule has 0 atom stereocenters. The number of carbonyl (C=O) groups excluding carboxylic acids is 2. The fourth-order valence-electron chi connectivity index (χ4n) is 3.22. The summed E-state index contributed by atoms with van der Waals surface area (Å²) in [4.78, 5) is 30.6. The van der Waals surface area contributed by atoms with Gasteiger partial charge < -0.3 is 15.5 Å². The van der Waals surface area contributed by atoms with Crippen LogP contribution in [-0.2, 0) is 11.3 Å². The molecule has 1 fully saturated rings. The van der Waals surface area contributed by atoms with Crippen LogP contribution in [-0.4, -0.2) is 36.4 Å². The van der Waals surface area contributed by atoms with E-state index in [1.807, 2.05) is 12.1 Å². The molecule has 154 valence electrons. The van der Waals surface area contributed by atoms with Crippen LogP contribution in [0.15, 0.2) is 36.5 Å². The maximum absolute atomic E-state index is 13.2. The highest BCUT2D eigenvalue weighted by Gasteiger charge is 2.12. The summed E-state index contributed by atoms with van der Waals surface area (Å²) in [6, 6.07) is 6.37. The maximum Gasteiger partial charge on any atom is 0.251 e. The van der Waals surface area contributed by atoms with Gasteiger partial charge in [-0.2, -0.15) is 0 Å². The van der Waals surface area contributed by atoms with E-state index in [4.69, 9.17) is 0 Å². The number of nitrogens with zero attached hydrogens (tertiary/aromatic N) is 2. The molecular formula is C21H24F2N4O2. The second-order valence-corrected chi connectivity index (χ2v) is 7.04. The van der Waals surface area contributed by atoms with Gasteiger partial charge in [-0.3, -0.25) is 9.59 Å². The van der Waals surface area contributed by atoms with Crippen molar-refractivity contribution in [2.75, 3.05) is 24.5 Å². The van der Waals surface area contributed by atoms with Crippen LogP contribution < -0.4 is 15.5 Å². The lowest BCUT2D eigenvalue weighted by atomic mass is 10.2. The van der Waals surface area contributed by atoms with Crippen molar-refractivity contribution in [2.45, 2.75) is 32.2 Å². The van der Waals surface area contributed by atoms with Crippen molar-refractivity contribution in [3.05, 3.63) is 59.3 Å². The molecule has 1 aliphatic rings. The zero-order valence-corrected chi connectivity index (χ0v) is 16.1. The molecule has 3 rings (SSSR count). The number of pyridine rings is 1. The predicted octanol–water partition coefficient (Wildman–Crippen LogP) is 2.79. The molecule has 0 aliphatic carbocycles. The van der Waals surface area contributed by atoms with Gasteiger partial charge in [0, 0.05) is 37.5 Å². The largest absolute Gasteiger partial charge is 0.357 e. The van der Waals surface area contributed by atoms with Crippen molar-refractivity contribution in [1.29, 1.82) is 0 Å². The minimum atomic E-state index is -0.851. The molecule has 0 bridgehead atoms. The molecule has 2 aromatic rings. The van der Waals surface area contributed by atoms with Gasteiger partial charge in [-0.1, -0.05) is 18.9 Å². The molecule has 8 heteroatoms. The first-order valence-corrected chi connectivity index (χ1v) is 9.72. The summed E-state index contributed by atoms with van der Waals surface area (Å²) in [7, 11) is 0. The number of carbonyl (C=O) groups is 2. The summed E-state index contributed by atoms with van der Waals surface area (Å²) >= 11 is 0. The molecule has 6 nitrogen and oxygen atoms in total. The van der Waals surface area contributed by atoms with Crippen LogP contribution in [0.5, 0.6) is 0 Å². The highest BCUT2D eigenvalue weighted by molar-refractivity contribution is 5.96. The summed E-state index contributed by atoms with van der Waals surface area (Å²) in [6.45, 7) is 2.00. The third-order valence-corrected chi connectivity index (χ3v) is 4.76. The fraction of sp³-hybridized carbons (Fsp3) is 0.381. The van der Waals surface area contributed by atoms with Crippen LogP contribution in [0.1, 0.15) is 41.6 Å². The molecule has 1 aromatic carbocycles. The first-order chi connectivity index (χ1) is 14.0. The van der Waals surface area contributed by atoms with Crippen LogP contribution >= 0.6 is 0 Å². The number of amides is 2. The Balaban J connectivity index is 1.44. The van der Waals surface area contributed by atoms with E-state index in [0.29, 0.717) is 6.07 Å². The second-order valence-electron chi connectivity index (χ2n) is 7.04. The van der Waals surface area contributed by atoms with Crippen molar-refractivity contribution in [3.63, 3.8) is 0 Å². The molecule has 2 heterocycles. The van der Waals surface area contributed by atoms with Crippen LogP contribution in [0.2, 0.25) is 0 Å². The van der Waals surface area contributed by atoms with Gasteiger partial charge in [0.15, 0.2) is 0 Å². The zero-order chi connectivity index (χ0) is 20.6. The molecule has 1 saturated heterocycles. The van der Waals surface area contributed by atoms with Gasteiger partial charge in [0.1, 0.15) is 17.5 Å². The van der Waals surface area contributed by atoms with Gasteiger partial charge in [0.25, 0.3) is 5.91 Å². The predicted molar refractivity (Wildman–Crippen MR) is 105 cm³/mol. The number of hydrogen-bond acceptors (Lipinski definition) is 4. The van der Waals surface area contributed by atoms with E-state index < -0.39 is 23.4 Å². The van der Waals surface area contributed by atoms with Crippen molar-refractivity contribution >= 4 is 17.6 Å². The van der Waals surface area contributed by atoms with Gasteiger partial charge in [-0.05, 0) is 36.6 Å². The van der Waals surface area contributed by atoms with E-state index >= 15 is 0 Å². The van der Waals surface area contributed by atoms with E-state index in [-0.39, 0.29) is 18.7 Å². The van der Waals surface area contributed by atoms with Crippen LogP contribution in [0, 0.1) is 11.6 Å². The first-order valence-electron chi connectivity index (χ1n) is 9.72. The fourth-order valence-corrected chi connectivity index (χ4v) is 3.22. The Morgan fingerprint density at radius 2 is 1.66 bits per heavy atom. The lowest BCUT2D eigenvalue weighted by Gasteiger charge is -2.21. The molecular weight excluding hydrogens is 378 g/mol. The minimum Gasteiger partial charge on any atom is -0.357 e. The van der Waals surface area contributed by atoms with Crippen LogP contribution in [0.25, 0.3) is 0 Å². The average Bonchev–Trinajstić information content (AvgIpc) is 2.99. The minimum absolute atomic E-state index is 0.177. The summed E-state index contributed by atoms with van der Waals surface area (Å²) in [5, 5.41) is 5.02. The molecule has 2 amide bonds. The molecule has 1 aliphatic heterocycles. The van der Waals surface area contributed by atoms with Crippen molar-refractivity contribution in [3.8, 4) is 0 Å². The Labute approximate surface area is 168 Å². The quantitative estimate of drug-likeness (QED) is 0.779. The Hall–Kier alpha value is -3.03. The van der Waals surface area contributed by atoms with Gasteiger partial charge in [-0.25, -0.2) is 13.8 Å². The Kier molecular flexibility index (Phi) is 7.10. The van der Waals surface area contributed by atoms with E-state index in [2.05, 4.69) is 20.5 Å². The number of halogens is 2. The smallest absolute Gasteiger partial charge is 0.251 e. The Morgan fingerprint density at radius 3 is 2.28 bits per heavy atom. The SMILES string of the molecule is O=C(CNC(=O)c1cc(F)cc(F)c1)NCc1ccc(N2CCCCCC2)nc1. The lowest BCUT2D eigenvalue weighted by molar-refractivity contribution is -0.120. The number of nitrogens with one attached hydrogen (secondary N) is 2. The standard InChI is InChI=1S/C21H24F2N4O2/c22-17-9-16(10-18(23)11-17)21(29)26-14-20(28)25-13-15-5-6-19(24-12-15)27-7-3-1-2-4-8-27/h5-6,9-12H,1-4,7-8,13-14H2,(H,25,28)(H,26,29). The Morgan fingerprint density at radius 1 is 0.966 bits per heavy atom. The normalized spacial score (nSPS) is 14.2. The molecule has 1 aromatic heterocycles. The highest BCUT2D eigenvalue weighted by atomic mass is 19.1. The summed E-state index contributed by atoms with van der Waals surface area (Å²) in [6.07, 6.45) is 6.59. The molecule has 0 unspecified atom stereocenters. The topological polar surface area (TPSA) is 74.3 Å². The van der Waals surface area contributed by atoms with Gasteiger partial charge in [-0.15, -0.1) is 0 Å². The summed E-state index contributed by atoms with van der Waals surface area (Å²) in [5.74, 6) is -1.89. The van der Waals surface area contributed by atoms with E-state index in [1.54, 1.807) is 6.20 Å². The molecule has 2 N–H and O–H groups in total. The maximum atomic E-state index is 13.2. The highest BCUT2D eigenvalue weighted by Crippen LogP contribution is 2.17. The first kappa shape index (κ1) is 20.7. The molecule has 0 spiro atoms. The van der Waals surface area contributed by atoms with Crippen LogP contribution in [0.4, 0.5) is 14.6 Å². The summed E-state index contributed by atoms with van der Waals surface area (Å²) in [5.41, 5.74) is 0.666. The third kappa shape index (κ3) is 6.23. The average molecular weight is 402 g/mol.